The van der Waals surface area contributed by atoms with Crippen LogP contribution in [0.25, 0.3) is 0 Å². The van der Waals surface area contributed by atoms with Crippen LogP contribution >= 0.6 is 7.60 Å². The lowest BCUT2D eigenvalue weighted by molar-refractivity contribution is 0.372. The van der Waals surface area contributed by atoms with E-state index >= 15 is 0 Å². The number of nitrogens with one attached hydrogen (secondary N) is 1. The van der Waals surface area contributed by atoms with Crippen molar-refractivity contribution in [3.63, 3.8) is 0 Å². The van der Waals surface area contributed by atoms with Gasteiger partial charge in [-0.05, 0) is 18.6 Å². The molecule has 0 unspecified atom stereocenters. The summed E-state index contributed by atoms with van der Waals surface area (Å²) in [5, 5.41) is 3.07. The van der Waals surface area contributed by atoms with Gasteiger partial charge in [0.25, 0.3) is 0 Å². The van der Waals surface area contributed by atoms with E-state index in [2.05, 4.69) is 5.32 Å². The highest BCUT2D eigenvalue weighted by atomic mass is 31.2. The lowest BCUT2D eigenvalue weighted by Gasteiger charge is -2.06. The van der Waals surface area contributed by atoms with E-state index in [1.807, 2.05) is 30.3 Å². The van der Waals surface area contributed by atoms with Crippen molar-refractivity contribution in [2.24, 2.45) is 0 Å². The Hall–Kier alpha value is -0.830. The van der Waals surface area contributed by atoms with Crippen LogP contribution in [0.5, 0.6) is 0 Å². The molecule has 0 bridgehead atoms. The molecular formula is C9H14NO3P. The number of hydrogen-bond donors (Lipinski definition) is 3. The summed E-state index contributed by atoms with van der Waals surface area (Å²) in [7, 11) is -3.83. The third-order valence-electron chi connectivity index (χ3n) is 1.73. The van der Waals surface area contributed by atoms with E-state index in [1.54, 1.807) is 0 Å². The maximum absolute atomic E-state index is 10.5. The molecule has 0 spiro atoms. The molecule has 14 heavy (non-hydrogen) atoms. The van der Waals surface area contributed by atoms with E-state index in [9.17, 15) is 4.57 Å². The first kappa shape index (κ1) is 11.2. The third-order valence-corrected chi connectivity index (χ3v) is 2.63. The fourth-order valence-corrected chi connectivity index (χ4v) is 1.64. The Morgan fingerprint density at radius 3 is 2.43 bits per heavy atom. The lowest BCUT2D eigenvalue weighted by atomic mass is 10.3. The van der Waals surface area contributed by atoms with Crippen molar-refractivity contribution in [1.29, 1.82) is 0 Å². The van der Waals surface area contributed by atoms with Crippen LogP contribution < -0.4 is 5.32 Å². The van der Waals surface area contributed by atoms with E-state index in [-0.39, 0.29) is 6.16 Å². The van der Waals surface area contributed by atoms with E-state index < -0.39 is 7.60 Å². The molecule has 3 N–H and O–H groups in total. The Morgan fingerprint density at radius 2 is 1.86 bits per heavy atom. The molecule has 0 aliphatic heterocycles. The van der Waals surface area contributed by atoms with E-state index in [1.165, 1.54) is 0 Å². The van der Waals surface area contributed by atoms with Crippen LogP contribution in [0.2, 0.25) is 0 Å². The van der Waals surface area contributed by atoms with Gasteiger partial charge in [-0.2, -0.15) is 0 Å². The van der Waals surface area contributed by atoms with Crippen LogP contribution in [0, 0.1) is 0 Å². The van der Waals surface area contributed by atoms with Gasteiger partial charge in [-0.25, -0.2) is 0 Å². The number of hydrogen-bond acceptors (Lipinski definition) is 2. The van der Waals surface area contributed by atoms with Gasteiger partial charge in [0.15, 0.2) is 0 Å². The van der Waals surface area contributed by atoms with Gasteiger partial charge in [-0.3, -0.25) is 4.57 Å². The number of anilines is 1. The van der Waals surface area contributed by atoms with Gasteiger partial charge < -0.3 is 15.1 Å². The zero-order chi connectivity index (χ0) is 10.4. The first-order chi connectivity index (χ1) is 6.58. The minimum atomic E-state index is -3.83. The van der Waals surface area contributed by atoms with Crippen LogP contribution in [0.15, 0.2) is 30.3 Å². The molecule has 0 saturated heterocycles. The molecule has 1 aromatic rings. The quantitative estimate of drug-likeness (QED) is 0.516. The zero-order valence-electron chi connectivity index (χ0n) is 7.76. The second-order valence-corrected chi connectivity index (χ2v) is 4.81. The lowest BCUT2D eigenvalue weighted by Crippen LogP contribution is -2.03. The van der Waals surface area contributed by atoms with Crippen molar-refractivity contribution in [2.75, 3.05) is 18.0 Å². The first-order valence-corrected chi connectivity index (χ1v) is 6.21. The Kier molecular flexibility index (Phi) is 4.14. The van der Waals surface area contributed by atoms with Crippen LogP contribution in [0.1, 0.15) is 6.42 Å². The number of benzene rings is 1. The Labute approximate surface area is 83.1 Å². The van der Waals surface area contributed by atoms with E-state index in [4.69, 9.17) is 9.79 Å². The van der Waals surface area contributed by atoms with Gasteiger partial charge in [0.2, 0.25) is 0 Å². The molecule has 78 valence electrons. The SMILES string of the molecule is O=P(O)(O)CCCNc1ccccc1. The fraction of sp³-hybridized carbons (Fsp3) is 0.333. The molecule has 0 fully saturated rings. The van der Waals surface area contributed by atoms with Gasteiger partial charge in [0.1, 0.15) is 0 Å². The van der Waals surface area contributed by atoms with Gasteiger partial charge in [0, 0.05) is 12.2 Å². The largest absolute Gasteiger partial charge is 0.385 e. The Bertz CT molecular complexity index is 309. The molecule has 0 atom stereocenters. The second kappa shape index (κ2) is 5.15. The minimum absolute atomic E-state index is 0.0627. The van der Waals surface area contributed by atoms with Crippen LogP contribution in [0.4, 0.5) is 5.69 Å². The zero-order valence-corrected chi connectivity index (χ0v) is 8.65. The topological polar surface area (TPSA) is 69.6 Å². The predicted molar refractivity (Wildman–Crippen MR) is 56.5 cm³/mol. The summed E-state index contributed by atoms with van der Waals surface area (Å²) < 4.78 is 10.5. The summed E-state index contributed by atoms with van der Waals surface area (Å²) in [6.45, 7) is 0.578. The van der Waals surface area contributed by atoms with Crippen LogP contribution in [-0.4, -0.2) is 22.5 Å². The highest BCUT2D eigenvalue weighted by Crippen LogP contribution is 2.34. The van der Waals surface area contributed by atoms with E-state index in [0.29, 0.717) is 13.0 Å². The summed E-state index contributed by atoms with van der Waals surface area (Å²) in [5.74, 6) is 0. The number of para-hydroxylation sites is 1. The summed E-state index contributed by atoms with van der Waals surface area (Å²) in [6, 6.07) is 9.56. The smallest absolute Gasteiger partial charge is 0.325 e. The first-order valence-electron chi connectivity index (χ1n) is 4.41. The van der Waals surface area contributed by atoms with Gasteiger partial charge in [-0.15, -0.1) is 0 Å². The molecule has 1 rings (SSSR count). The Balaban J connectivity index is 2.20. The molecule has 1 aromatic carbocycles. The molecule has 0 saturated carbocycles. The third kappa shape index (κ3) is 5.02. The van der Waals surface area contributed by atoms with Crippen molar-refractivity contribution in [2.45, 2.75) is 6.42 Å². The molecule has 0 amide bonds. The predicted octanol–water partition coefficient (Wildman–Crippen LogP) is 1.67. The normalized spacial score (nSPS) is 11.3. The van der Waals surface area contributed by atoms with Gasteiger partial charge in [0.05, 0.1) is 6.16 Å². The highest BCUT2D eigenvalue weighted by Gasteiger charge is 2.10. The van der Waals surface area contributed by atoms with Crippen molar-refractivity contribution in [3.05, 3.63) is 30.3 Å². The molecule has 0 aliphatic carbocycles. The van der Waals surface area contributed by atoms with Crippen LogP contribution in [-0.2, 0) is 4.57 Å². The average molecular weight is 215 g/mol. The molecule has 4 nitrogen and oxygen atoms in total. The van der Waals surface area contributed by atoms with E-state index in [0.717, 1.165) is 5.69 Å². The summed E-state index contributed by atoms with van der Waals surface area (Å²) in [4.78, 5) is 17.2. The van der Waals surface area contributed by atoms with Crippen LogP contribution in [0.3, 0.4) is 0 Å². The van der Waals surface area contributed by atoms with Crippen molar-refractivity contribution in [1.82, 2.24) is 0 Å². The standard InChI is InChI=1S/C9H14NO3P/c11-14(12,13)8-4-7-10-9-5-2-1-3-6-9/h1-3,5-6,10H,4,7-8H2,(H2,11,12,13). The van der Waals surface area contributed by atoms with Crippen molar-refractivity contribution >= 4 is 13.3 Å². The number of rotatable bonds is 5. The molecule has 0 aromatic heterocycles. The highest BCUT2D eigenvalue weighted by molar-refractivity contribution is 7.51. The molecular weight excluding hydrogens is 201 g/mol. The summed E-state index contributed by atoms with van der Waals surface area (Å²) >= 11 is 0. The average Bonchev–Trinajstić information content (AvgIpc) is 2.13. The van der Waals surface area contributed by atoms with Gasteiger partial charge in [-0.1, -0.05) is 18.2 Å². The van der Waals surface area contributed by atoms with Gasteiger partial charge >= 0.3 is 7.60 Å². The Morgan fingerprint density at radius 1 is 1.21 bits per heavy atom. The second-order valence-electron chi connectivity index (χ2n) is 3.03. The molecule has 0 aliphatic rings. The molecule has 0 radical (unpaired) electrons. The van der Waals surface area contributed by atoms with Crippen molar-refractivity contribution < 1.29 is 14.4 Å². The summed E-state index contributed by atoms with van der Waals surface area (Å²) in [5.41, 5.74) is 0.971. The summed E-state index contributed by atoms with van der Waals surface area (Å²) in [6.07, 6.45) is 0.409. The molecule has 0 heterocycles. The monoisotopic (exact) mass is 215 g/mol. The minimum Gasteiger partial charge on any atom is -0.385 e. The maximum atomic E-state index is 10.5. The van der Waals surface area contributed by atoms with Crippen molar-refractivity contribution in [3.8, 4) is 0 Å². The molecule has 5 heteroatoms. The maximum Gasteiger partial charge on any atom is 0.325 e. The fourth-order valence-electron chi connectivity index (χ4n) is 1.07.